The maximum absolute atomic E-state index is 12.9. The third-order valence-electron chi connectivity index (χ3n) is 4.37. The van der Waals surface area contributed by atoms with Crippen LogP contribution < -0.4 is 14.4 Å². The molecule has 1 aliphatic heterocycles. The number of carbonyl (C=O) groups is 1. The molecule has 3 rings (SSSR count). The van der Waals surface area contributed by atoms with Crippen molar-refractivity contribution in [1.82, 2.24) is 4.90 Å². The van der Waals surface area contributed by atoms with Crippen LogP contribution in [0.4, 0.5) is 5.69 Å². The van der Waals surface area contributed by atoms with Crippen LogP contribution in [0, 0.1) is 0 Å². The highest BCUT2D eigenvalue weighted by atomic mass is 35.5. The highest BCUT2D eigenvalue weighted by molar-refractivity contribution is 6.30. The summed E-state index contributed by atoms with van der Waals surface area (Å²) in [5.74, 6) is 1.000. The summed E-state index contributed by atoms with van der Waals surface area (Å²) < 4.78 is 10.7. The number of benzene rings is 2. The van der Waals surface area contributed by atoms with Gasteiger partial charge in [0.25, 0.3) is 5.91 Å². The van der Waals surface area contributed by atoms with Crippen molar-refractivity contribution in [2.24, 2.45) is 0 Å². The molecule has 5 nitrogen and oxygen atoms in total. The number of halogens is 1. The molecule has 0 atom stereocenters. The summed E-state index contributed by atoms with van der Waals surface area (Å²) in [6.07, 6.45) is 0. The Morgan fingerprint density at radius 2 is 1.72 bits per heavy atom. The van der Waals surface area contributed by atoms with Gasteiger partial charge in [0.15, 0.2) is 11.5 Å². The van der Waals surface area contributed by atoms with Crippen molar-refractivity contribution in [3.05, 3.63) is 53.1 Å². The van der Waals surface area contributed by atoms with Gasteiger partial charge in [-0.2, -0.15) is 0 Å². The van der Waals surface area contributed by atoms with Gasteiger partial charge in [0, 0.05) is 36.9 Å². The number of para-hydroxylation sites is 1. The Hall–Kier alpha value is -2.40. The maximum atomic E-state index is 12.9. The predicted octanol–water partition coefficient (Wildman–Crippen LogP) is 3.32. The van der Waals surface area contributed by atoms with Crippen molar-refractivity contribution >= 4 is 23.2 Å². The Bertz CT molecular complexity index is 758. The number of methoxy groups -OCH3 is 2. The molecule has 1 aliphatic rings. The third-order valence-corrected chi connectivity index (χ3v) is 4.61. The van der Waals surface area contributed by atoms with E-state index < -0.39 is 0 Å². The molecule has 1 amide bonds. The average molecular weight is 361 g/mol. The van der Waals surface area contributed by atoms with Gasteiger partial charge >= 0.3 is 0 Å². The zero-order valence-corrected chi connectivity index (χ0v) is 15.1. The summed E-state index contributed by atoms with van der Waals surface area (Å²) in [5, 5.41) is 0.720. The van der Waals surface area contributed by atoms with Crippen LogP contribution in [0.2, 0.25) is 5.02 Å². The van der Waals surface area contributed by atoms with Crippen LogP contribution in [-0.2, 0) is 0 Å². The smallest absolute Gasteiger partial charge is 0.257 e. The maximum Gasteiger partial charge on any atom is 0.257 e. The second kappa shape index (κ2) is 7.66. The summed E-state index contributed by atoms with van der Waals surface area (Å²) in [4.78, 5) is 17.0. The highest BCUT2D eigenvalue weighted by Gasteiger charge is 2.25. The quantitative estimate of drug-likeness (QED) is 0.838. The molecule has 1 fully saturated rings. The SMILES string of the molecule is COc1cccc(C(=O)N2CCN(c3cccc(Cl)c3)CC2)c1OC. The lowest BCUT2D eigenvalue weighted by Crippen LogP contribution is -2.48. The first kappa shape index (κ1) is 17.4. The molecule has 1 heterocycles. The van der Waals surface area contributed by atoms with E-state index in [1.807, 2.05) is 29.2 Å². The van der Waals surface area contributed by atoms with Crippen molar-refractivity contribution < 1.29 is 14.3 Å². The van der Waals surface area contributed by atoms with Crippen LogP contribution >= 0.6 is 11.6 Å². The van der Waals surface area contributed by atoms with Crippen LogP contribution in [0.5, 0.6) is 11.5 Å². The molecular weight excluding hydrogens is 340 g/mol. The minimum absolute atomic E-state index is 0.0403. The number of hydrogen-bond donors (Lipinski definition) is 0. The fourth-order valence-electron chi connectivity index (χ4n) is 3.07. The summed E-state index contributed by atoms with van der Waals surface area (Å²) in [6.45, 7) is 2.81. The van der Waals surface area contributed by atoms with E-state index in [-0.39, 0.29) is 5.91 Å². The van der Waals surface area contributed by atoms with E-state index in [1.54, 1.807) is 32.4 Å². The molecule has 0 aliphatic carbocycles. The Labute approximate surface area is 152 Å². The third kappa shape index (κ3) is 3.66. The Morgan fingerprint density at radius 1 is 1.00 bits per heavy atom. The van der Waals surface area contributed by atoms with Gasteiger partial charge < -0.3 is 19.3 Å². The minimum atomic E-state index is -0.0403. The standard InChI is InChI=1S/C19H21ClN2O3/c1-24-17-8-4-7-16(18(17)25-2)19(23)22-11-9-21(10-12-22)15-6-3-5-14(20)13-15/h3-8,13H,9-12H2,1-2H3. The Morgan fingerprint density at radius 3 is 2.36 bits per heavy atom. The van der Waals surface area contributed by atoms with Gasteiger partial charge in [-0.05, 0) is 30.3 Å². The van der Waals surface area contributed by atoms with Gasteiger partial charge in [0.05, 0.1) is 19.8 Å². The van der Waals surface area contributed by atoms with Crippen molar-refractivity contribution in [1.29, 1.82) is 0 Å². The van der Waals surface area contributed by atoms with Gasteiger partial charge in [-0.15, -0.1) is 0 Å². The number of rotatable bonds is 4. The van der Waals surface area contributed by atoms with Gasteiger partial charge in [-0.1, -0.05) is 23.7 Å². The van der Waals surface area contributed by atoms with Crippen LogP contribution in [0.3, 0.4) is 0 Å². The second-order valence-corrected chi connectivity index (χ2v) is 6.24. The predicted molar refractivity (Wildman–Crippen MR) is 99.1 cm³/mol. The highest BCUT2D eigenvalue weighted by Crippen LogP contribution is 2.32. The monoisotopic (exact) mass is 360 g/mol. The lowest BCUT2D eigenvalue weighted by atomic mass is 10.1. The number of hydrogen-bond acceptors (Lipinski definition) is 4. The average Bonchev–Trinajstić information content (AvgIpc) is 2.66. The van der Waals surface area contributed by atoms with Crippen LogP contribution in [0.1, 0.15) is 10.4 Å². The Kier molecular flexibility index (Phi) is 5.34. The molecule has 0 radical (unpaired) electrons. The molecule has 25 heavy (non-hydrogen) atoms. The number of anilines is 1. The van der Waals surface area contributed by atoms with Crippen molar-refractivity contribution in [2.45, 2.75) is 0 Å². The van der Waals surface area contributed by atoms with Crippen molar-refractivity contribution in [2.75, 3.05) is 45.3 Å². The number of piperazine rings is 1. The molecule has 0 bridgehead atoms. The molecule has 1 saturated heterocycles. The van der Waals surface area contributed by atoms with Gasteiger partial charge in [0.1, 0.15) is 0 Å². The van der Waals surface area contributed by atoms with E-state index in [4.69, 9.17) is 21.1 Å². The molecule has 132 valence electrons. The Balaban J connectivity index is 1.72. The largest absolute Gasteiger partial charge is 0.493 e. The van der Waals surface area contributed by atoms with Crippen LogP contribution in [-0.4, -0.2) is 51.2 Å². The van der Waals surface area contributed by atoms with Gasteiger partial charge in [-0.3, -0.25) is 4.79 Å². The molecule has 2 aromatic carbocycles. The zero-order valence-electron chi connectivity index (χ0n) is 14.4. The van der Waals surface area contributed by atoms with E-state index in [1.165, 1.54) is 0 Å². The fraction of sp³-hybridized carbons (Fsp3) is 0.316. The molecule has 6 heteroatoms. The van der Waals surface area contributed by atoms with Gasteiger partial charge in [0.2, 0.25) is 0 Å². The van der Waals surface area contributed by atoms with Gasteiger partial charge in [-0.25, -0.2) is 0 Å². The van der Waals surface area contributed by atoms with E-state index in [9.17, 15) is 4.79 Å². The first-order valence-electron chi connectivity index (χ1n) is 8.15. The van der Waals surface area contributed by atoms with Crippen molar-refractivity contribution in [3.63, 3.8) is 0 Å². The summed E-state index contributed by atoms with van der Waals surface area (Å²) >= 11 is 6.07. The molecule has 0 spiro atoms. The number of ether oxygens (including phenoxy) is 2. The van der Waals surface area contributed by atoms with E-state index in [0.717, 1.165) is 23.8 Å². The number of carbonyl (C=O) groups excluding carboxylic acids is 1. The summed E-state index contributed by atoms with van der Waals surface area (Å²) in [5.41, 5.74) is 1.61. The molecule has 0 unspecified atom stereocenters. The van der Waals surface area contributed by atoms with Crippen molar-refractivity contribution in [3.8, 4) is 11.5 Å². The molecule has 0 aromatic heterocycles. The van der Waals surface area contributed by atoms with E-state index in [0.29, 0.717) is 30.2 Å². The van der Waals surface area contributed by atoms with E-state index >= 15 is 0 Å². The molecular formula is C19H21ClN2O3. The summed E-state index contributed by atoms with van der Waals surface area (Å²) in [7, 11) is 3.11. The number of amides is 1. The molecule has 2 aromatic rings. The normalized spacial score (nSPS) is 14.4. The summed E-state index contributed by atoms with van der Waals surface area (Å²) in [6, 6.07) is 13.1. The molecule has 0 N–H and O–H groups in total. The van der Waals surface area contributed by atoms with Crippen LogP contribution in [0.25, 0.3) is 0 Å². The lowest BCUT2D eigenvalue weighted by molar-refractivity contribution is 0.0742. The van der Waals surface area contributed by atoms with E-state index in [2.05, 4.69) is 4.90 Å². The fourth-order valence-corrected chi connectivity index (χ4v) is 3.25. The topological polar surface area (TPSA) is 42.0 Å². The molecule has 0 saturated carbocycles. The number of nitrogens with zero attached hydrogens (tertiary/aromatic N) is 2. The minimum Gasteiger partial charge on any atom is -0.493 e. The second-order valence-electron chi connectivity index (χ2n) is 5.80. The lowest BCUT2D eigenvalue weighted by Gasteiger charge is -2.36. The van der Waals surface area contributed by atoms with Crippen LogP contribution in [0.15, 0.2) is 42.5 Å². The first-order chi connectivity index (χ1) is 12.1. The zero-order chi connectivity index (χ0) is 17.8. The first-order valence-corrected chi connectivity index (χ1v) is 8.52.